The molecule has 0 heterocycles. The Hall–Kier alpha value is -1.18. The number of aliphatic hydroxyl groups excluding tert-OH is 3. The fraction of sp³-hybridized carbons (Fsp3) is 0.400. The molecule has 2 unspecified atom stereocenters. The molecule has 17 heavy (non-hydrogen) atoms. The van der Waals surface area contributed by atoms with Crippen molar-refractivity contribution < 1.29 is 32.9 Å². The first kappa shape index (κ1) is 13.9. The second kappa shape index (κ2) is 4.99. The van der Waals surface area contributed by atoms with E-state index in [2.05, 4.69) is 0 Å². The molecule has 0 spiro atoms. The van der Waals surface area contributed by atoms with E-state index in [-0.39, 0.29) is 6.07 Å². The van der Waals surface area contributed by atoms with Gasteiger partial charge in [-0.25, -0.2) is 4.39 Å². The standard InChI is InChI=1S/C10H10F4O3/c11-5-1-2-6(9(17)8(16)4-15)7(3-5)10(12,13)14/h1-3,8-9,15-17H,4H2. The maximum absolute atomic E-state index is 12.7. The number of aliphatic hydroxyl groups is 3. The number of benzene rings is 1. The Balaban J connectivity index is 3.24. The molecule has 3 nitrogen and oxygen atoms in total. The lowest BCUT2D eigenvalue weighted by Crippen LogP contribution is -2.24. The lowest BCUT2D eigenvalue weighted by molar-refractivity contribution is -0.140. The summed E-state index contributed by atoms with van der Waals surface area (Å²) in [4.78, 5) is 0. The zero-order valence-electron chi connectivity index (χ0n) is 8.45. The summed E-state index contributed by atoms with van der Waals surface area (Å²) in [6, 6.07) is 1.68. The minimum absolute atomic E-state index is 0.225. The summed E-state index contributed by atoms with van der Waals surface area (Å²) < 4.78 is 50.3. The predicted octanol–water partition coefficient (Wildman–Crippen LogP) is 1.23. The molecule has 0 aliphatic heterocycles. The monoisotopic (exact) mass is 254 g/mol. The maximum atomic E-state index is 12.7. The molecule has 0 bridgehead atoms. The lowest BCUT2D eigenvalue weighted by Gasteiger charge is -2.20. The summed E-state index contributed by atoms with van der Waals surface area (Å²) in [7, 11) is 0. The van der Waals surface area contributed by atoms with Crippen LogP contribution >= 0.6 is 0 Å². The van der Waals surface area contributed by atoms with Gasteiger partial charge in [0.2, 0.25) is 0 Å². The molecule has 0 amide bonds. The number of rotatable bonds is 3. The highest BCUT2D eigenvalue weighted by Crippen LogP contribution is 2.35. The summed E-state index contributed by atoms with van der Waals surface area (Å²) in [5.74, 6) is -1.10. The van der Waals surface area contributed by atoms with Crippen LogP contribution in [0, 0.1) is 5.82 Å². The Morgan fingerprint density at radius 1 is 1.18 bits per heavy atom. The van der Waals surface area contributed by atoms with E-state index in [9.17, 15) is 22.7 Å². The number of halogens is 4. The van der Waals surface area contributed by atoms with E-state index in [1.54, 1.807) is 0 Å². The van der Waals surface area contributed by atoms with Crippen LogP contribution in [0.5, 0.6) is 0 Å². The molecule has 1 aromatic rings. The molecule has 7 heteroatoms. The zero-order chi connectivity index (χ0) is 13.2. The van der Waals surface area contributed by atoms with Crippen molar-refractivity contribution in [3.63, 3.8) is 0 Å². The molecule has 0 radical (unpaired) electrons. The van der Waals surface area contributed by atoms with Gasteiger partial charge in [0.05, 0.1) is 12.2 Å². The average molecular weight is 254 g/mol. The lowest BCUT2D eigenvalue weighted by atomic mass is 9.98. The van der Waals surface area contributed by atoms with Gasteiger partial charge in [-0.3, -0.25) is 0 Å². The predicted molar refractivity (Wildman–Crippen MR) is 49.5 cm³/mol. The van der Waals surface area contributed by atoms with E-state index >= 15 is 0 Å². The van der Waals surface area contributed by atoms with E-state index < -0.39 is 41.9 Å². The summed E-state index contributed by atoms with van der Waals surface area (Å²) >= 11 is 0. The Bertz CT molecular complexity index is 392. The summed E-state index contributed by atoms with van der Waals surface area (Å²) in [6.45, 7) is -0.907. The highest BCUT2D eigenvalue weighted by atomic mass is 19.4. The SMILES string of the molecule is OCC(O)C(O)c1ccc(F)cc1C(F)(F)F. The first-order valence-electron chi connectivity index (χ1n) is 4.61. The number of alkyl halides is 3. The molecule has 2 atom stereocenters. The first-order chi connectivity index (χ1) is 7.77. The van der Waals surface area contributed by atoms with Gasteiger partial charge in [0, 0.05) is 0 Å². The van der Waals surface area contributed by atoms with Gasteiger partial charge in [-0.2, -0.15) is 13.2 Å². The molecule has 3 N–H and O–H groups in total. The normalized spacial score (nSPS) is 15.7. The first-order valence-corrected chi connectivity index (χ1v) is 4.61. The Morgan fingerprint density at radius 3 is 2.24 bits per heavy atom. The highest BCUT2D eigenvalue weighted by Gasteiger charge is 2.36. The number of hydrogen-bond donors (Lipinski definition) is 3. The maximum Gasteiger partial charge on any atom is 0.416 e. The molecule has 1 rings (SSSR count). The van der Waals surface area contributed by atoms with Crippen LogP contribution in [0.3, 0.4) is 0 Å². The van der Waals surface area contributed by atoms with Gasteiger partial charge < -0.3 is 15.3 Å². The molecule has 0 aromatic heterocycles. The van der Waals surface area contributed by atoms with Gasteiger partial charge in [0.15, 0.2) is 0 Å². The van der Waals surface area contributed by atoms with Gasteiger partial charge in [-0.15, -0.1) is 0 Å². The van der Waals surface area contributed by atoms with Crippen LogP contribution in [-0.2, 0) is 6.18 Å². The van der Waals surface area contributed by atoms with Crippen molar-refractivity contribution in [1.29, 1.82) is 0 Å². The van der Waals surface area contributed by atoms with Crippen molar-refractivity contribution in [2.75, 3.05) is 6.61 Å². The third kappa shape index (κ3) is 3.15. The zero-order valence-corrected chi connectivity index (χ0v) is 8.45. The summed E-state index contributed by atoms with van der Waals surface area (Å²) in [6.07, 6.45) is -8.55. The molecule has 0 aliphatic carbocycles. The molecule has 0 saturated carbocycles. The summed E-state index contributed by atoms with van der Waals surface area (Å²) in [5, 5.41) is 27.0. The number of hydrogen-bond acceptors (Lipinski definition) is 3. The molecule has 1 aromatic carbocycles. The molecule has 0 aliphatic rings. The van der Waals surface area contributed by atoms with Crippen molar-refractivity contribution in [3.05, 3.63) is 35.1 Å². The van der Waals surface area contributed by atoms with Crippen molar-refractivity contribution in [2.45, 2.75) is 18.4 Å². The second-order valence-corrected chi connectivity index (χ2v) is 3.42. The molecule has 0 saturated heterocycles. The molecule has 96 valence electrons. The minimum atomic E-state index is -4.85. The van der Waals surface area contributed by atoms with E-state index in [0.717, 1.165) is 12.1 Å². The van der Waals surface area contributed by atoms with E-state index in [1.807, 2.05) is 0 Å². The molecule has 0 fully saturated rings. The van der Waals surface area contributed by atoms with E-state index in [0.29, 0.717) is 0 Å². The van der Waals surface area contributed by atoms with Crippen LogP contribution in [0.2, 0.25) is 0 Å². The Kier molecular flexibility index (Phi) is 4.07. The van der Waals surface area contributed by atoms with Gasteiger partial charge in [0.25, 0.3) is 0 Å². The van der Waals surface area contributed by atoms with Crippen LogP contribution in [0.4, 0.5) is 17.6 Å². The smallest absolute Gasteiger partial charge is 0.394 e. The van der Waals surface area contributed by atoms with Crippen molar-refractivity contribution in [2.24, 2.45) is 0 Å². The second-order valence-electron chi connectivity index (χ2n) is 3.42. The summed E-state index contributed by atoms with van der Waals surface area (Å²) in [5.41, 5.74) is -2.06. The van der Waals surface area contributed by atoms with Crippen molar-refractivity contribution >= 4 is 0 Å². The highest BCUT2D eigenvalue weighted by molar-refractivity contribution is 5.32. The van der Waals surface area contributed by atoms with Crippen LogP contribution in [-0.4, -0.2) is 28.0 Å². The van der Waals surface area contributed by atoms with E-state index in [1.165, 1.54) is 0 Å². The van der Waals surface area contributed by atoms with Crippen LogP contribution in [0.25, 0.3) is 0 Å². The van der Waals surface area contributed by atoms with Crippen molar-refractivity contribution in [3.8, 4) is 0 Å². The fourth-order valence-electron chi connectivity index (χ4n) is 1.34. The Labute approximate surface area is 93.9 Å². The van der Waals surface area contributed by atoms with Gasteiger partial charge in [-0.1, -0.05) is 6.07 Å². The van der Waals surface area contributed by atoms with E-state index in [4.69, 9.17) is 10.2 Å². The van der Waals surface area contributed by atoms with Gasteiger partial charge in [-0.05, 0) is 17.7 Å². The van der Waals surface area contributed by atoms with Crippen LogP contribution in [0.1, 0.15) is 17.2 Å². The Morgan fingerprint density at radius 2 is 1.76 bits per heavy atom. The quantitative estimate of drug-likeness (QED) is 0.711. The third-order valence-corrected chi connectivity index (χ3v) is 2.19. The minimum Gasteiger partial charge on any atom is -0.394 e. The third-order valence-electron chi connectivity index (χ3n) is 2.19. The van der Waals surface area contributed by atoms with Crippen LogP contribution < -0.4 is 0 Å². The fourth-order valence-corrected chi connectivity index (χ4v) is 1.34. The van der Waals surface area contributed by atoms with Crippen LogP contribution in [0.15, 0.2) is 18.2 Å². The van der Waals surface area contributed by atoms with Gasteiger partial charge >= 0.3 is 6.18 Å². The van der Waals surface area contributed by atoms with Crippen molar-refractivity contribution in [1.82, 2.24) is 0 Å². The average Bonchev–Trinajstić information content (AvgIpc) is 2.25. The molecular weight excluding hydrogens is 244 g/mol. The molecular formula is C10H10F4O3. The topological polar surface area (TPSA) is 60.7 Å². The largest absolute Gasteiger partial charge is 0.416 e. The van der Waals surface area contributed by atoms with Gasteiger partial charge in [0.1, 0.15) is 18.0 Å².